The lowest BCUT2D eigenvalue weighted by Gasteiger charge is -2.30. The molecule has 4 nitrogen and oxygen atoms in total. The molecule has 0 saturated heterocycles. The highest BCUT2D eigenvalue weighted by atomic mass is 16.6. The largest absolute Gasteiger partial charge is 0.361 e. The first-order valence-electron chi connectivity index (χ1n) is 6.57. The average molecular weight is 258 g/mol. The highest BCUT2D eigenvalue weighted by Crippen LogP contribution is 2.32. The third kappa shape index (κ3) is 3.02. The Bertz CT molecular complexity index is 494. The van der Waals surface area contributed by atoms with E-state index in [4.69, 9.17) is 0 Å². The fourth-order valence-electron chi connectivity index (χ4n) is 2.30. The summed E-state index contributed by atoms with van der Waals surface area (Å²) in [7, 11) is 0. The predicted octanol–water partition coefficient (Wildman–Crippen LogP) is 3.52. The summed E-state index contributed by atoms with van der Waals surface area (Å²) in [4.78, 5) is 13.0. The number of allylic oxidation sites excluding steroid dienone is 2. The van der Waals surface area contributed by atoms with Gasteiger partial charge in [0.05, 0.1) is 4.92 Å². The molecule has 1 aromatic rings. The maximum absolute atomic E-state index is 11.2. The number of hydrogen-bond acceptors (Lipinski definition) is 3. The summed E-state index contributed by atoms with van der Waals surface area (Å²) in [5.74, 6) is 0. The molecule has 0 amide bonds. The first-order valence-corrected chi connectivity index (χ1v) is 6.57. The molecule has 1 aromatic carbocycles. The van der Waals surface area contributed by atoms with Crippen molar-refractivity contribution < 1.29 is 4.92 Å². The Morgan fingerprint density at radius 2 is 2.05 bits per heavy atom. The second-order valence-corrected chi connectivity index (χ2v) is 4.59. The molecule has 4 heteroatoms. The molecule has 0 N–H and O–H groups in total. The van der Waals surface area contributed by atoms with E-state index in [9.17, 15) is 10.1 Å². The molecule has 0 fully saturated rings. The van der Waals surface area contributed by atoms with Crippen LogP contribution in [-0.4, -0.2) is 16.4 Å². The summed E-state index contributed by atoms with van der Waals surface area (Å²) in [6.45, 7) is 2.95. The van der Waals surface area contributed by atoms with Gasteiger partial charge in [-0.05, 0) is 18.1 Å². The summed E-state index contributed by atoms with van der Waals surface area (Å²) < 4.78 is 0. The smallest absolute Gasteiger partial charge is 0.273 e. The van der Waals surface area contributed by atoms with Gasteiger partial charge in [-0.2, -0.15) is 0 Å². The van der Waals surface area contributed by atoms with Crippen LogP contribution in [0.4, 0.5) is 0 Å². The van der Waals surface area contributed by atoms with Crippen LogP contribution in [0.15, 0.2) is 54.4 Å². The van der Waals surface area contributed by atoms with Crippen molar-refractivity contribution >= 4 is 0 Å². The van der Waals surface area contributed by atoms with Crippen LogP contribution in [0.2, 0.25) is 0 Å². The average Bonchev–Trinajstić information content (AvgIpc) is 2.45. The molecule has 1 aliphatic rings. The number of benzene rings is 1. The van der Waals surface area contributed by atoms with E-state index < -0.39 is 0 Å². The highest BCUT2D eigenvalue weighted by molar-refractivity contribution is 5.30. The van der Waals surface area contributed by atoms with Gasteiger partial charge in [-0.25, -0.2) is 0 Å². The Hall–Kier alpha value is -2.10. The number of unbranched alkanes of at least 4 members (excludes halogenated alkanes) is 1. The van der Waals surface area contributed by atoms with Crippen molar-refractivity contribution in [3.8, 4) is 0 Å². The molecule has 2 rings (SSSR count). The van der Waals surface area contributed by atoms with Crippen LogP contribution in [0.5, 0.6) is 0 Å². The van der Waals surface area contributed by atoms with Crippen molar-refractivity contribution in [3.05, 3.63) is 70.1 Å². The van der Waals surface area contributed by atoms with Gasteiger partial charge in [0.2, 0.25) is 0 Å². The van der Waals surface area contributed by atoms with Crippen molar-refractivity contribution in [1.82, 2.24) is 4.90 Å². The Kier molecular flexibility index (Phi) is 4.34. The zero-order chi connectivity index (χ0) is 13.7. The lowest BCUT2D eigenvalue weighted by Crippen LogP contribution is -2.30. The minimum Gasteiger partial charge on any atom is -0.361 e. The molecule has 0 spiro atoms. The van der Waals surface area contributed by atoms with Gasteiger partial charge >= 0.3 is 0 Å². The van der Waals surface area contributed by atoms with Crippen LogP contribution in [-0.2, 0) is 0 Å². The van der Waals surface area contributed by atoms with Gasteiger partial charge in [0, 0.05) is 18.8 Å². The molecule has 19 heavy (non-hydrogen) atoms. The topological polar surface area (TPSA) is 46.4 Å². The fourth-order valence-corrected chi connectivity index (χ4v) is 2.30. The predicted molar refractivity (Wildman–Crippen MR) is 75.0 cm³/mol. The van der Waals surface area contributed by atoms with Crippen LogP contribution in [0, 0.1) is 10.1 Å². The summed E-state index contributed by atoms with van der Waals surface area (Å²) in [5.41, 5.74) is 1.20. The van der Waals surface area contributed by atoms with Gasteiger partial charge in [0.25, 0.3) is 5.70 Å². The molecule has 0 bridgehead atoms. The first-order chi connectivity index (χ1) is 9.24. The van der Waals surface area contributed by atoms with E-state index in [1.807, 2.05) is 36.5 Å². The number of nitro groups is 1. The Labute approximate surface area is 113 Å². The number of rotatable bonds is 5. The van der Waals surface area contributed by atoms with Crippen molar-refractivity contribution in [3.63, 3.8) is 0 Å². The van der Waals surface area contributed by atoms with Gasteiger partial charge < -0.3 is 4.90 Å². The molecular weight excluding hydrogens is 240 g/mol. The molecule has 0 radical (unpaired) electrons. The lowest BCUT2D eigenvalue weighted by atomic mass is 9.99. The molecule has 0 aromatic heterocycles. The minimum atomic E-state index is -0.284. The minimum absolute atomic E-state index is 0.241. The first kappa shape index (κ1) is 13.3. The van der Waals surface area contributed by atoms with E-state index in [-0.39, 0.29) is 16.7 Å². The van der Waals surface area contributed by atoms with Crippen LogP contribution >= 0.6 is 0 Å². The fraction of sp³-hybridized carbons (Fsp3) is 0.333. The van der Waals surface area contributed by atoms with Crippen molar-refractivity contribution in [2.75, 3.05) is 6.54 Å². The molecule has 1 heterocycles. The van der Waals surface area contributed by atoms with E-state index in [1.165, 1.54) is 0 Å². The molecule has 100 valence electrons. The number of nitrogens with zero attached hydrogens (tertiary/aromatic N) is 2. The summed E-state index contributed by atoms with van der Waals surface area (Å²) in [6, 6.07) is 9.37. The van der Waals surface area contributed by atoms with E-state index in [0.717, 1.165) is 24.9 Å². The highest BCUT2D eigenvalue weighted by Gasteiger charge is 2.31. The van der Waals surface area contributed by atoms with Crippen LogP contribution in [0.3, 0.4) is 0 Å². The Morgan fingerprint density at radius 3 is 2.68 bits per heavy atom. The monoisotopic (exact) mass is 258 g/mol. The van der Waals surface area contributed by atoms with Crippen LogP contribution < -0.4 is 0 Å². The molecule has 1 atom stereocenters. The van der Waals surface area contributed by atoms with E-state index >= 15 is 0 Å². The second kappa shape index (κ2) is 6.18. The van der Waals surface area contributed by atoms with E-state index in [0.29, 0.717) is 0 Å². The zero-order valence-electron chi connectivity index (χ0n) is 11.0. The molecule has 1 aliphatic heterocycles. The van der Waals surface area contributed by atoms with Gasteiger partial charge in [-0.3, -0.25) is 10.1 Å². The SMILES string of the molecule is CCCCN1C=CC=C([N+](=O)[O-])C1c1ccccc1. The number of hydrogen-bond donors (Lipinski definition) is 0. The van der Waals surface area contributed by atoms with Crippen molar-refractivity contribution in [1.29, 1.82) is 0 Å². The molecule has 0 aliphatic carbocycles. The molecule has 0 saturated carbocycles. The van der Waals surface area contributed by atoms with Gasteiger partial charge in [-0.15, -0.1) is 0 Å². The second-order valence-electron chi connectivity index (χ2n) is 4.59. The summed E-state index contributed by atoms with van der Waals surface area (Å²) >= 11 is 0. The molecular formula is C15H18N2O2. The quantitative estimate of drug-likeness (QED) is 0.599. The van der Waals surface area contributed by atoms with Crippen LogP contribution in [0.1, 0.15) is 31.4 Å². The van der Waals surface area contributed by atoms with Crippen molar-refractivity contribution in [2.45, 2.75) is 25.8 Å². The molecule has 1 unspecified atom stereocenters. The normalized spacial score (nSPS) is 18.3. The maximum Gasteiger partial charge on any atom is 0.273 e. The summed E-state index contributed by atoms with van der Waals surface area (Å²) in [6.07, 6.45) is 7.40. The van der Waals surface area contributed by atoms with Crippen LogP contribution in [0.25, 0.3) is 0 Å². The Balaban J connectivity index is 2.32. The maximum atomic E-state index is 11.2. The van der Waals surface area contributed by atoms with E-state index in [1.54, 1.807) is 12.2 Å². The zero-order valence-corrected chi connectivity index (χ0v) is 11.0. The van der Waals surface area contributed by atoms with E-state index in [2.05, 4.69) is 11.8 Å². The third-order valence-corrected chi connectivity index (χ3v) is 3.25. The third-order valence-electron chi connectivity index (χ3n) is 3.25. The standard InChI is InChI=1S/C15H18N2O2/c1-2-3-11-16-12-7-10-14(17(18)19)15(16)13-8-5-4-6-9-13/h4-10,12,15H,2-3,11H2,1H3. The summed E-state index contributed by atoms with van der Waals surface area (Å²) in [5, 5.41) is 11.2. The van der Waals surface area contributed by atoms with Gasteiger partial charge in [0.1, 0.15) is 6.04 Å². The van der Waals surface area contributed by atoms with Gasteiger partial charge in [0.15, 0.2) is 0 Å². The van der Waals surface area contributed by atoms with Gasteiger partial charge in [-0.1, -0.05) is 43.7 Å². The van der Waals surface area contributed by atoms with Crippen molar-refractivity contribution in [2.24, 2.45) is 0 Å². The lowest BCUT2D eigenvalue weighted by molar-refractivity contribution is -0.433. The Morgan fingerprint density at radius 1 is 1.32 bits per heavy atom.